The molecule has 4 nitrogen and oxygen atoms in total. The molecule has 0 aliphatic carbocycles. The molecule has 0 atom stereocenters. The number of aromatic nitrogens is 1. The maximum absolute atomic E-state index is 7.83. The van der Waals surface area contributed by atoms with Crippen LogP contribution < -0.4 is 10.6 Å². The average Bonchev–Trinajstić information content (AvgIpc) is 2.38. The van der Waals surface area contributed by atoms with Crippen LogP contribution in [-0.4, -0.2) is 23.9 Å². The van der Waals surface area contributed by atoms with Crippen LogP contribution in [0.4, 0.5) is 5.82 Å². The van der Waals surface area contributed by atoms with Gasteiger partial charge in [0, 0.05) is 18.8 Å². The summed E-state index contributed by atoms with van der Waals surface area (Å²) >= 11 is 0. The van der Waals surface area contributed by atoms with Crippen LogP contribution in [-0.2, 0) is 0 Å². The van der Waals surface area contributed by atoms with E-state index < -0.39 is 0 Å². The van der Waals surface area contributed by atoms with Gasteiger partial charge in [-0.15, -0.1) is 0 Å². The van der Waals surface area contributed by atoms with Crippen molar-refractivity contribution < 1.29 is 0 Å². The summed E-state index contributed by atoms with van der Waals surface area (Å²) in [6, 6.07) is 2.00. The lowest BCUT2D eigenvalue weighted by atomic mass is 9.78. The zero-order chi connectivity index (χ0) is 14.9. The Kier molecular flexibility index (Phi) is 4.02. The van der Waals surface area contributed by atoms with Crippen molar-refractivity contribution in [3.05, 3.63) is 22.9 Å². The number of nitrogens with one attached hydrogen (secondary N) is 1. The number of anilines is 1. The fourth-order valence-corrected chi connectivity index (χ4v) is 2.99. The van der Waals surface area contributed by atoms with Gasteiger partial charge in [0.05, 0.1) is 5.56 Å². The van der Waals surface area contributed by atoms with Crippen molar-refractivity contribution in [3.8, 4) is 0 Å². The van der Waals surface area contributed by atoms with Crippen LogP contribution >= 0.6 is 0 Å². The van der Waals surface area contributed by atoms with Crippen molar-refractivity contribution in [2.24, 2.45) is 11.1 Å². The molecule has 0 saturated carbocycles. The Labute approximate surface area is 121 Å². The topological polar surface area (TPSA) is 66.0 Å². The average molecular weight is 274 g/mol. The molecule has 1 aliphatic rings. The molecule has 0 spiro atoms. The van der Waals surface area contributed by atoms with Gasteiger partial charge in [0.1, 0.15) is 11.7 Å². The van der Waals surface area contributed by atoms with Crippen molar-refractivity contribution in [3.63, 3.8) is 0 Å². The molecule has 1 aromatic heterocycles. The number of amidine groups is 1. The van der Waals surface area contributed by atoms with Gasteiger partial charge in [-0.2, -0.15) is 0 Å². The summed E-state index contributed by atoms with van der Waals surface area (Å²) in [4.78, 5) is 6.96. The van der Waals surface area contributed by atoms with Gasteiger partial charge in [-0.05, 0) is 43.7 Å². The van der Waals surface area contributed by atoms with E-state index in [0.717, 1.165) is 35.7 Å². The van der Waals surface area contributed by atoms with Crippen LogP contribution in [0.1, 0.15) is 49.9 Å². The second kappa shape index (κ2) is 5.43. The van der Waals surface area contributed by atoms with E-state index in [-0.39, 0.29) is 5.84 Å². The maximum Gasteiger partial charge on any atom is 0.140 e. The van der Waals surface area contributed by atoms with E-state index in [9.17, 15) is 0 Å². The Balaban J connectivity index is 2.32. The van der Waals surface area contributed by atoms with Crippen LogP contribution in [0.2, 0.25) is 0 Å². The SMILES string of the molecule is CCC1(C)CCN(c2nc(C)cc(C)c2C(=N)N)CC1. The smallest absolute Gasteiger partial charge is 0.140 e. The Morgan fingerprint density at radius 2 is 2.00 bits per heavy atom. The van der Waals surface area contributed by atoms with E-state index in [1.54, 1.807) is 0 Å². The predicted octanol–water partition coefficient (Wildman–Crippen LogP) is 3.00. The molecule has 2 heterocycles. The lowest BCUT2D eigenvalue weighted by Gasteiger charge is -2.40. The van der Waals surface area contributed by atoms with Gasteiger partial charge in [0.2, 0.25) is 0 Å². The summed E-state index contributed by atoms with van der Waals surface area (Å²) < 4.78 is 0. The van der Waals surface area contributed by atoms with Crippen LogP contribution in [0.5, 0.6) is 0 Å². The molecule has 2 rings (SSSR count). The molecule has 20 heavy (non-hydrogen) atoms. The predicted molar refractivity (Wildman–Crippen MR) is 84.6 cm³/mol. The molecule has 0 bridgehead atoms. The Hall–Kier alpha value is -1.58. The number of piperidine rings is 1. The number of nitrogen functional groups attached to an aromatic ring is 1. The highest BCUT2D eigenvalue weighted by molar-refractivity contribution is 6.01. The quantitative estimate of drug-likeness (QED) is 0.658. The first-order chi connectivity index (χ1) is 9.36. The first-order valence-corrected chi connectivity index (χ1v) is 7.44. The zero-order valence-electron chi connectivity index (χ0n) is 13.1. The van der Waals surface area contributed by atoms with Crippen molar-refractivity contribution >= 4 is 11.7 Å². The third-order valence-electron chi connectivity index (χ3n) is 4.72. The molecule has 0 amide bonds. The minimum atomic E-state index is 0.119. The van der Waals surface area contributed by atoms with Gasteiger partial charge >= 0.3 is 0 Å². The number of aryl methyl sites for hydroxylation is 2. The fourth-order valence-electron chi connectivity index (χ4n) is 2.99. The third-order valence-corrected chi connectivity index (χ3v) is 4.72. The van der Waals surface area contributed by atoms with Crippen molar-refractivity contribution in [1.29, 1.82) is 5.41 Å². The Bertz CT molecular complexity index is 513. The van der Waals surface area contributed by atoms with Gasteiger partial charge in [-0.3, -0.25) is 5.41 Å². The van der Waals surface area contributed by atoms with Gasteiger partial charge in [-0.1, -0.05) is 20.3 Å². The minimum Gasteiger partial charge on any atom is -0.384 e. The molecule has 0 aromatic carbocycles. The monoisotopic (exact) mass is 274 g/mol. The first kappa shape index (κ1) is 14.8. The van der Waals surface area contributed by atoms with Crippen molar-refractivity contribution in [1.82, 2.24) is 4.98 Å². The van der Waals surface area contributed by atoms with E-state index in [0.29, 0.717) is 5.41 Å². The fraction of sp³-hybridized carbons (Fsp3) is 0.625. The van der Waals surface area contributed by atoms with E-state index in [2.05, 4.69) is 23.7 Å². The second-order valence-corrected chi connectivity index (χ2v) is 6.34. The molecule has 1 aliphatic heterocycles. The molecular formula is C16H26N4. The first-order valence-electron chi connectivity index (χ1n) is 7.44. The van der Waals surface area contributed by atoms with Crippen LogP contribution in [0.15, 0.2) is 6.07 Å². The van der Waals surface area contributed by atoms with Crippen LogP contribution in [0.25, 0.3) is 0 Å². The summed E-state index contributed by atoms with van der Waals surface area (Å²) in [5.41, 5.74) is 9.06. The van der Waals surface area contributed by atoms with Crippen LogP contribution in [0.3, 0.4) is 0 Å². The number of nitrogens with two attached hydrogens (primary N) is 1. The molecule has 0 unspecified atom stereocenters. The highest BCUT2D eigenvalue weighted by Crippen LogP contribution is 2.36. The Morgan fingerprint density at radius 3 is 2.50 bits per heavy atom. The molecule has 1 fully saturated rings. The summed E-state index contributed by atoms with van der Waals surface area (Å²) in [5, 5.41) is 7.83. The summed E-state index contributed by atoms with van der Waals surface area (Å²) in [6.07, 6.45) is 3.58. The van der Waals surface area contributed by atoms with E-state index in [1.165, 1.54) is 19.3 Å². The van der Waals surface area contributed by atoms with Gasteiger partial charge in [0.15, 0.2) is 0 Å². The largest absolute Gasteiger partial charge is 0.384 e. The lowest BCUT2D eigenvalue weighted by Crippen LogP contribution is -2.40. The summed E-state index contributed by atoms with van der Waals surface area (Å²) in [7, 11) is 0. The summed E-state index contributed by atoms with van der Waals surface area (Å²) in [5.74, 6) is 1.02. The van der Waals surface area contributed by atoms with Crippen LogP contribution in [0, 0.1) is 24.7 Å². The molecule has 4 heteroatoms. The maximum atomic E-state index is 7.83. The van der Waals surface area contributed by atoms with Gasteiger partial charge < -0.3 is 10.6 Å². The van der Waals surface area contributed by atoms with E-state index >= 15 is 0 Å². The zero-order valence-corrected chi connectivity index (χ0v) is 13.1. The molecular weight excluding hydrogens is 248 g/mol. The van der Waals surface area contributed by atoms with Gasteiger partial charge in [0.25, 0.3) is 0 Å². The molecule has 0 radical (unpaired) electrons. The number of pyridine rings is 1. The molecule has 110 valence electrons. The third kappa shape index (κ3) is 2.79. The number of rotatable bonds is 3. The minimum absolute atomic E-state index is 0.119. The van der Waals surface area contributed by atoms with Crippen molar-refractivity contribution in [2.45, 2.75) is 47.0 Å². The van der Waals surface area contributed by atoms with E-state index in [4.69, 9.17) is 11.1 Å². The molecule has 1 saturated heterocycles. The normalized spacial score (nSPS) is 18.1. The molecule has 1 aromatic rings. The standard InChI is InChI=1S/C16H26N4/c1-5-16(4)6-8-20(9-7-16)15-13(14(17)18)11(2)10-12(3)19-15/h10H,5-9H2,1-4H3,(H3,17,18). The highest BCUT2D eigenvalue weighted by atomic mass is 15.2. The second-order valence-electron chi connectivity index (χ2n) is 6.34. The number of hydrogen-bond donors (Lipinski definition) is 2. The lowest BCUT2D eigenvalue weighted by molar-refractivity contribution is 0.237. The Morgan fingerprint density at radius 1 is 1.40 bits per heavy atom. The highest BCUT2D eigenvalue weighted by Gasteiger charge is 2.30. The number of nitrogens with zero attached hydrogens (tertiary/aromatic N) is 2. The van der Waals surface area contributed by atoms with Gasteiger partial charge in [-0.25, -0.2) is 4.98 Å². The summed E-state index contributed by atoms with van der Waals surface area (Å²) in [6.45, 7) is 10.6. The van der Waals surface area contributed by atoms with Crippen molar-refractivity contribution in [2.75, 3.05) is 18.0 Å². The number of hydrogen-bond acceptors (Lipinski definition) is 3. The van der Waals surface area contributed by atoms with E-state index in [1.807, 2.05) is 19.9 Å². The molecule has 3 N–H and O–H groups in total.